The highest BCUT2D eigenvalue weighted by molar-refractivity contribution is 4.93. The third-order valence-electron chi connectivity index (χ3n) is 2.82. The largest absolute Gasteiger partial charge is 0.314 e. The van der Waals surface area contributed by atoms with Crippen LogP contribution in [0.1, 0.15) is 13.8 Å². The topological polar surface area (TPSA) is 27.3 Å². The summed E-state index contributed by atoms with van der Waals surface area (Å²) in [4.78, 5) is 2.50. The van der Waals surface area contributed by atoms with Gasteiger partial charge in [0.2, 0.25) is 0 Å². The first-order valence-electron chi connectivity index (χ1n) is 4.77. The molecule has 1 aliphatic rings. The quantitative estimate of drug-likeness (QED) is 0.620. The van der Waals surface area contributed by atoms with E-state index in [4.69, 9.17) is 0 Å². The molecule has 0 aromatic carbocycles. The van der Waals surface area contributed by atoms with E-state index in [0.717, 1.165) is 0 Å². The van der Waals surface area contributed by atoms with Crippen LogP contribution in [0.4, 0.5) is 0 Å². The van der Waals surface area contributed by atoms with Gasteiger partial charge in [0.15, 0.2) is 0 Å². The van der Waals surface area contributed by atoms with Crippen LogP contribution in [0, 0.1) is 0 Å². The van der Waals surface area contributed by atoms with Gasteiger partial charge in [-0.25, -0.2) is 0 Å². The van der Waals surface area contributed by atoms with Crippen LogP contribution < -0.4 is 10.6 Å². The standard InChI is InChI=1S/C9H21N3/c1-7(2)12-5-8(10-3)9(6-12)11-4/h7-11H,5-6H2,1-4H3. The highest BCUT2D eigenvalue weighted by Crippen LogP contribution is 2.12. The molecule has 72 valence electrons. The molecule has 3 nitrogen and oxygen atoms in total. The molecule has 1 rings (SSSR count). The van der Waals surface area contributed by atoms with Gasteiger partial charge < -0.3 is 10.6 Å². The van der Waals surface area contributed by atoms with E-state index in [9.17, 15) is 0 Å². The van der Waals surface area contributed by atoms with E-state index in [1.807, 2.05) is 14.1 Å². The maximum atomic E-state index is 3.35. The zero-order chi connectivity index (χ0) is 9.14. The van der Waals surface area contributed by atoms with E-state index in [-0.39, 0.29) is 0 Å². The van der Waals surface area contributed by atoms with Crippen molar-refractivity contribution in [2.24, 2.45) is 0 Å². The molecule has 1 saturated heterocycles. The highest BCUT2D eigenvalue weighted by atomic mass is 15.2. The fourth-order valence-electron chi connectivity index (χ4n) is 1.84. The molecule has 1 fully saturated rings. The number of likely N-dealkylation sites (tertiary alicyclic amines) is 1. The molecule has 0 saturated carbocycles. The molecule has 2 unspecified atom stereocenters. The Kier molecular flexibility index (Phi) is 3.50. The van der Waals surface area contributed by atoms with E-state index in [2.05, 4.69) is 29.4 Å². The second-order valence-electron chi connectivity index (χ2n) is 3.84. The molecule has 0 aromatic rings. The normalized spacial score (nSPS) is 31.8. The minimum Gasteiger partial charge on any atom is -0.314 e. The second kappa shape index (κ2) is 4.21. The molecular weight excluding hydrogens is 150 g/mol. The maximum Gasteiger partial charge on any atom is 0.0359 e. The molecule has 1 aliphatic heterocycles. The molecule has 12 heavy (non-hydrogen) atoms. The Balaban J connectivity index is 2.47. The average Bonchev–Trinajstić information content (AvgIpc) is 2.46. The molecule has 0 bridgehead atoms. The van der Waals surface area contributed by atoms with Crippen LogP contribution in [-0.4, -0.2) is 50.2 Å². The molecule has 0 aliphatic carbocycles. The molecule has 0 amide bonds. The zero-order valence-corrected chi connectivity index (χ0v) is 8.59. The van der Waals surface area contributed by atoms with Crippen LogP contribution in [0.5, 0.6) is 0 Å². The Labute approximate surface area is 75.5 Å². The van der Waals surface area contributed by atoms with E-state index >= 15 is 0 Å². The first-order valence-corrected chi connectivity index (χ1v) is 4.77. The summed E-state index contributed by atoms with van der Waals surface area (Å²) in [6.07, 6.45) is 0. The van der Waals surface area contributed by atoms with E-state index in [0.29, 0.717) is 18.1 Å². The van der Waals surface area contributed by atoms with E-state index in [1.54, 1.807) is 0 Å². The molecular formula is C9H21N3. The minimum absolute atomic E-state index is 0.609. The van der Waals surface area contributed by atoms with Crippen molar-refractivity contribution < 1.29 is 0 Å². The molecule has 0 radical (unpaired) electrons. The SMILES string of the molecule is CNC1CN(C(C)C)CC1NC. The van der Waals surface area contributed by atoms with Crippen LogP contribution in [0.3, 0.4) is 0 Å². The number of nitrogens with zero attached hydrogens (tertiary/aromatic N) is 1. The number of hydrogen-bond acceptors (Lipinski definition) is 3. The Morgan fingerprint density at radius 3 is 1.75 bits per heavy atom. The molecule has 3 heteroatoms. The van der Waals surface area contributed by atoms with Gasteiger partial charge in [0, 0.05) is 31.2 Å². The number of likely N-dealkylation sites (N-methyl/N-ethyl adjacent to an activating group) is 2. The lowest BCUT2D eigenvalue weighted by Crippen LogP contribution is -2.43. The van der Waals surface area contributed by atoms with Crippen molar-refractivity contribution >= 4 is 0 Å². The van der Waals surface area contributed by atoms with Crippen LogP contribution in [0.2, 0.25) is 0 Å². The van der Waals surface area contributed by atoms with Crippen LogP contribution >= 0.6 is 0 Å². The third-order valence-corrected chi connectivity index (χ3v) is 2.82. The summed E-state index contributed by atoms with van der Waals surface area (Å²) in [5.41, 5.74) is 0. The lowest BCUT2D eigenvalue weighted by Gasteiger charge is -2.19. The number of rotatable bonds is 3. The predicted octanol–water partition coefficient (Wildman–Crippen LogP) is -0.114. The Morgan fingerprint density at radius 2 is 1.50 bits per heavy atom. The van der Waals surface area contributed by atoms with E-state index < -0.39 is 0 Å². The summed E-state index contributed by atoms with van der Waals surface area (Å²) in [6.45, 7) is 6.84. The molecule has 1 heterocycles. The van der Waals surface area contributed by atoms with E-state index in [1.165, 1.54) is 13.1 Å². The molecule has 2 N–H and O–H groups in total. The van der Waals surface area contributed by atoms with Crippen LogP contribution in [0.25, 0.3) is 0 Å². The summed E-state index contributed by atoms with van der Waals surface area (Å²) >= 11 is 0. The maximum absolute atomic E-state index is 3.35. The Hall–Kier alpha value is -0.120. The van der Waals surface area contributed by atoms with Crippen LogP contribution in [-0.2, 0) is 0 Å². The lowest BCUT2D eigenvalue weighted by molar-refractivity contribution is 0.266. The third kappa shape index (κ3) is 1.97. The van der Waals surface area contributed by atoms with Gasteiger partial charge in [-0.2, -0.15) is 0 Å². The predicted molar refractivity (Wildman–Crippen MR) is 52.4 cm³/mol. The van der Waals surface area contributed by atoms with Crippen molar-refractivity contribution in [1.82, 2.24) is 15.5 Å². The minimum atomic E-state index is 0.609. The van der Waals surface area contributed by atoms with Crippen molar-refractivity contribution in [3.63, 3.8) is 0 Å². The van der Waals surface area contributed by atoms with Gasteiger partial charge in [-0.05, 0) is 27.9 Å². The summed E-state index contributed by atoms with van der Waals surface area (Å²) in [5.74, 6) is 0. The summed E-state index contributed by atoms with van der Waals surface area (Å²) in [5, 5.41) is 6.69. The summed E-state index contributed by atoms with van der Waals surface area (Å²) in [7, 11) is 4.08. The molecule has 0 spiro atoms. The van der Waals surface area contributed by atoms with Crippen molar-refractivity contribution in [1.29, 1.82) is 0 Å². The highest BCUT2D eigenvalue weighted by Gasteiger charge is 2.31. The number of hydrogen-bond donors (Lipinski definition) is 2. The lowest BCUT2D eigenvalue weighted by atomic mass is 10.2. The van der Waals surface area contributed by atoms with Gasteiger partial charge in [0.05, 0.1) is 0 Å². The van der Waals surface area contributed by atoms with Crippen molar-refractivity contribution in [2.75, 3.05) is 27.2 Å². The van der Waals surface area contributed by atoms with Gasteiger partial charge in [0.1, 0.15) is 0 Å². The summed E-state index contributed by atoms with van der Waals surface area (Å²) < 4.78 is 0. The zero-order valence-electron chi connectivity index (χ0n) is 8.59. The monoisotopic (exact) mass is 171 g/mol. The van der Waals surface area contributed by atoms with Crippen molar-refractivity contribution in [2.45, 2.75) is 32.0 Å². The number of nitrogens with one attached hydrogen (secondary N) is 2. The molecule has 2 atom stereocenters. The van der Waals surface area contributed by atoms with Crippen LogP contribution in [0.15, 0.2) is 0 Å². The van der Waals surface area contributed by atoms with Gasteiger partial charge in [-0.1, -0.05) is 0 Å². The first kappa shape index (κ1) is 9.96. The van der Waals surface area contributed by atoms with Gasteiger partial charge in [-0.15, -0.1) is 0 Å². The Bertz CT molecular complexity index is 124. The fourth-order valence-corrected chi connectivity index (χ4v) is 1.84. The van der Waals surface area contributed by atoms with Gasteiger partial charge >= 0.3 is 0 Å². The smallest absolute Gasteiger partial charge is 0.0359 e. The fraction of sp³-hybridized carbons (Fsp3) is 1.00. The average molecular weight is 171 g/mol. The van der Waals surface area contributed by atoms with Gasteiger partial charge in [-0.3, -0.25) is 4.90 Å². The van der Waals surface area contributed by atoms with Gasteiger partial charge in [0.25, 0.3) is 0 Å². The summed E-state index contributed by atoms with van der Waals surface area (Å²) in [6, 6.07) is 1.88. The van der Waals surface area contributed by atoms with Crippen molar-refractivity contribution in [3.8, 4) is 0 Å². The van der Waals surface area contributed by atoms with Crippen molar-refractivity contribution in [3.05, 3.63) is 0 Å². The Morgan fingerprint density at radius 1 is 1.08 bits per heavy atom. The second-order valence-corrected chi connectivity index (χ2v) is 3.84. The molecule has 0 aromatic heterocycles. The first-order chi connectivity index (χ1) is 5.69.